The summed E-state index contributed by atoms with van der Waals surface area (Å²) in [5.41, 5.74) is 5.45. The van der Waals surface area contributed by atoms with Gasteiger partial charge in [0.05, 0.1) is 29.8 Å². The SMILES string of the molecule is CCCOc1ccc(-c2cc(CC3CCC=C4N=C(c5cccc(F)c5F)CCC(C)=C4C=N3)no2)cc1. The number of aromatic nitrogens is 1. The number of rotatable bonds is 7. The van der Waals surface area contributed by atoms with E-state index in [0.29, 0.717) is 37.3 Å². The maximum absolute atomic E-state index is 14.5. The van der Waals surface area contributed by atoms with Gasteiger partial charge in [0.15, 0.2) is 17.4 Å². The highest BCUT2D eigenvalue weighted by molar-refractivity contribution is 6.03. The van der Waals surface area contributed by atoms with Crippen LogP contribution in [0, 0.1) is 11.6 Å². The summed E-state index contributed by atoms with van der Waals surface area (Å²) < 4.78 is 39.6. The fourth-order valence-electron chi connectivity index (χ4n) is 4.72. The van der Waals surface area contributed by atoms with Crippen LogP contribution in [-0.2, 0) is 6.42 Å². The van der Waals surface area contributed by atoms with Crippen molar-refractivity contribution >= 4 is 11.9 Å². The Morgan fingerprint density at radius 1 is 1.08 bits per heavy atom. The highest BCUT2D eigenvalue weighted by Crippen LogP contribution is 2.29. The lowest BCUT2D eigenvalue weighted by molar-refractivity contribution is 0.317. The molecule has 0 saturated carbocycles. The van der Waals surface area contributed by atoms with Crippen molar-refractivity contribution in [3.63, 3.8) is 0 Å². The van der Waals surface area contributed by atoms with Gasteiger partial charge in [0, 0.05) is 35.4 Å². The normalized spacial score (nSPS) is 17.7. The van der Waals surface area contributed by atoms with E-state index in [4.69, 9.17) is 19.2 Å². The summed E-state index contributed by atoms with van der Waals surface area (Å²) in [5, 5.41) is 4.29. The molecule has 0 N–H and O–H groups in total. The minimum atomic E-state index is -0.857. The third-order valence-corrected chi connectivity index (χ3v) is 6.86. The van der Waals surface area contributed by atoms with Crippen molar-refractivity contribution in [1.82, 2.24) is 5.16 Å². The van der Waals surface area contributed by atoms with Crippen molar-refractivity contribution in [2.75, 3.05) is 6.61 Å². The van der Waals surface area contributed by atoms with Crippen LogP contribution in [0.2, 0.25) is 0 Å². The number of hydrogen-bond acceptors (Lipinski definition) is 5. The van der Waals surface area contributed by atoms with E-state index in [1.165, 1.54) is 6.07 Å². The van der Waals surface area contributed by atoms with Crippen LogP contribution in [-0.4, -0.2) is 29.7 Å². The van der Waals surface area contributed by atoms with E-state index in [1.54, 1.807) is 6.07 Å². The summed E-state index contributed by atoms with van der Waals surface area (Å²) in [6, 6.07) is 14.1. The van der Waals surface area contributed by atoms with E-state index >= 15 is 0 Å². The molecule has 5 rings (SSSR count). The zero-order chi connectivity index (χ0) is 26.5. The van der Waals surface area contributed by atoms with Crippen molar-refractivity contribution < 1.29 is 18.0 Å². The van der Waals surface area contributed by atoms with Crippen molar-refractivity contribution in [2.45, 2.75) is 58.4 Å². The Kier molecular flexibility index (Phi) is 7.91. The van der Waals surface area contributed by atoms with Crippen LogP contribution in [0.25, 0.3) is 11.3 Å². The molecule has 7 heteroatoms. The topological polar surface area (TPSA) is 60.0 Å². The number of allylic oxidation sites excluding steroid dienone is 3. The maximum atomic E-state index is 14.5. The van der Waals surface area contributed by atoms with Gasteiger partial charge in [0.2, 0.25) is 0 Å². The molecule has 0 amide bonds. The second kappa shape index (κ2) is 11.7. The molecule has 1 aromatic heterocycles. The van der Waals surface area contributed by atoms with E-state index in [-0.39, 0.29) is 11.6 Å². The van der Waals surface area contributed by atoms with E-state index in [9.17, 15) is 8.78 Å². The fraction of sp³-hybridized carbons (Fsp3) is 0.323. The van der Waals surface area contributed by atoms with Crippen molar-refractivity contribution in [1.29, 1.82) is 0 Å². The molecule has 1 unspecified atom stereocenters. The average molecular weight is 516 g/mol. The van der Waals surface area contributed by atoms with Crippen LogP contribution in [0.5, 0.6) is 5.75 Å². The molecule has 0 spiro atoms. The molecule has 2 aromatic carbocycles. The number of hydrogen-bond donors (Lipinski definition) is 0. The molecular formula is C31H31F2N3O2. The molecule has 2 aliphatic heterocycles. The molecule has 38 heavy (non-hydrogen) atoms. The number of ether oxygens (including phenoxy) is 1. The van der Waals surface area contributed by atoms with E-state index in [0.717, 1.165) is 59.2 Å². The van der Waals surface area contributed by atoms with Gasteiger partial charge in [0.1, 0.15) is 5.75 Å². The van der Waals surface area contributed by atoms with Gasteiger partial charge in [-0.1, -0.05) is 29.8 Å². The molecule has 5 nitrogen and oxygen atoms in total. The molecule has 2 aliphatic rings. The van der Waals surface area contributed by atoms with Crippen LogP contribution in [0.1, 0.15) is 57.2 Å². The lowest BCUT2D eigenvalue weighted by Gasteiger charge is -2.15. The van der Waals surface area contributed by atoms with E-state index < -0.39 is 11.6 Å². The van der Waals surface area contributed by atoms with Gasteiger partial charge < -0.3 is 9.26 Å². The van der Waals surface area contributed by atoms with Crippen molar-refractivity contribution in [3.8, 4) is 17.1 Å². The number of benzene rings is 2. The smallest absolute Gasteiger partial charge is 0.167 e. The highest BCUT2D eigenvalue weighted by Gasteiger charge is 2.21. The zero-order valence-electron chi connectivity index (χ0n) is 21.7. The minimum Gasteiger partial charge on any atom is -0.494 e. The van der Waals surface area contributed by atoms with Crippen molar-refractivity contribution in [3.05, 3.63) is 94.3 Å². The number of fused-ring (bicyclic) bond motifs is 1. The predicted molar refractivity (Wildman–Crippen MR) is 146 cm³/mol. The number of nitrogens with zero attached hydrogens (tertiary/aromatic N) is 3. The first-order valence-corrected chi connectivity index (χ1v) is 13.2. The fourth-order valence-corrected chi connectivity index (χ4v) is 4.72. The largest absolute Gasteiger partial charge is 0.494 e. The van der Waals surface area contributed by atoms with Crippen LogP contribution >= 0.6 is 0 Å². The molecule has 3 aromatic rings. The second-order valence-electron chi connectivity index (χ2n) is 9.71. The molecule has 0 fully saturated rings. The number of halogens is 2. The van der Waals surface area contributed by atoms with Crippen LogP contribution < -0.4 is 4.74 Å². The summed E-state index contributed by atoms with van der Waals surface area (Å²) in [4.78, 5) is 9.66. The summed E-state index contributed by atoms with van der Waals surface area (Å²) >= 11 is 0. The molecule has 0 radical (unpaired) electrons. The van der Waals surface area contributed by atoms with Gasteiger partial charge in [-0.15, -0.1) is 0 Å². The molecular weight excluding hydrogens is 484 g/mol. The summed E-state index contributed by atoms with van der Waals surface area (Å²) in [6.07, 6.45) is 8.41. The van der Waals surface area contributed by atoms with Crippen LogP contribution in [0.3, 0.4) is 0 Å². The first-order chi connectivity index (χ1) is 18.5. The van der Waals surface area contributed by atoms with E-state index in [2.05, 4.69) is 25.1 Å². The Labute approximate surface area is 221 Å². The summed E-state index contributed by atoms with van der Waals surface area (Å²) in [7, 11) is 0. The third kappa shape index (κ3) is 5.82. The monoisotopic (exact) mass is 515 g/mol. The summed E-state index contributed by atoms with van der Waals surface area (Å²) in [6.45, 7) is 4.82. The first-order valence-electron chi connectivity index (χ1n) is 13.2. The predicted octanol–water partition coefficient (Wildman–Crippen LogP) is 7.67. The van der Waals surface area contributed by atoms with Crippen LogP contribution in [0.4, 0.5) is 8.78 Å². The van der Waals surface area contributed by atoms with Gasteiger partial charge in [0.25, 0.3) is 0 Å². The Morgan fingerprint density at radius 3 is 2.74 bits per heavy atom. The van der Waals surface area contributed by atoms with Crippen molar-refractivity contribution in [2.24, 2.45) is 9.98 Å². The summed E-state index contributed by atoms with van der Waals surface area (Å²) in [5.74, 6) is -0.148. The van der Waals surface area contributed by atoms with Gasteiger partial charge in [-0.2, -0.15) is 0 Å². The molecule has 3 heterocycles. The Hall–Kier alpha value is -3.87. The highest BCUT2D eigenvalue weighted by atomic mass is 19.2. The van der Waals surface area contributed by atoms with Gasteiger partial charge >= 0.3 is 0 Å². The van der Waals surface area contributed by atoms with Crippen LogP contribution in [0.15, 0.2) is 86.0 Å². The third-order valence-electron chi connectivity index (χ3n) is 6.86. The molecule has 0 aliphatic carbocycles. The average Bonchev–Trinajstić information content (AvgIpc) is 3.32. The quantitative estimate of drug-likeness (QED) is 0.324. The van der Waals surface area contributed by atoms with Gasteiger partial charge in [-0.3, -0.25) is 9.98 Å². The Morgan fingerprint density at radius 2 is 1.92 bits per heavy atom. The lowest BCUT2D eigenvalue weighted by atomic mass is 9.98. The lowest BCUT2D eigenvalue weighted by Crippen LogP contribution is -2.12. The first kappa shape index (κ1) is 25.8. The van der Waals surface area contributed by atoms with Gasteiger partial charge in [-0.05, 0) is 75.4 Å². The Balaban J connectivity index is 1.30. The molecule has 0 saturated heterocycles. The Bertz CT molecular complexity index is 1420. The van der Waals surface area contributed by atoms with E-state index in [1.807, 2.05) is 36.5 Å². The second-order valence-corrected chi connectivity index (χ2v) is 9.71. The maximum Gasteiger partial charge on any atom is 0.167 e. The molecule has 0 bridgehead atoms. The molecule has 196 valence electrons. The molecule has 1 atom stereocenters. The minimum absolute atomic E-state index is 0.0447. The van der Waals surface area contributed by atoms with Gasteiger partial charge in [-0.25, -0.2) is 8.78 Å². The number of aliphatic imine (C=N–C) groups is 2. The zero-order valence-corrected chi connectivity index (χ0v) is 21.7. The standard InChI is InChI=1S/C31H31F2N3O2/c1-3-16-37-24-13-11-21(12-14-24)30-18-23(36-38-30)17-22-6-4-9-28-26(19-34-22)20(2)10-15-29(35-28)25-7-5-8-27(32)31(25)33/h5,7-9,11-14,18-19,22H,3-4,6,10,15-17H2,1-2H3.